The van der Waals surface area contributed by atoms with Crippen LogP contribution in [0.15, 0.2) is 79.3 Å². The molecule has 0 aliphatic carbocycles. The molecule has 2 aliphatic rings. The minimum absolute atomic E-state index is 0.0329. The van der Waals surface area contributed by atoms with Crippen molar-refractivity contribution in [3.8, 4) is 11.5 Å². The number of unbranched alkanes of at least 4 members (excludes halogenated alkanes) is 4. The molecule has 1 saturated heterocycles. The van der Waals surface area contributed by atoms with Crippen LogP contribution in [0.3, 0.4) is 0 Å². The molecule has 22 heteroatoms. The fourth-order valence-electron chi connectivity index (χ4n) is 8.58. The molecule has 4 heterocycles. The van der Waals surface area contributed by atoms with Crippen molar-refractivity contribution in [3.05, 3.63) is 119 Å². The quantitative estimate of drug-likeness (QED) is 0.0267. The highest BCUT2D eigenvalue weighted by Crippen LogP contribution is 2.32. The summed E-state index contributed by atoms with van der Waals surface area (Å²) in [4.78, 5) is 85.1. The van der Waals surface area contributed by atoms with E-state index in [-0.39, 0.29) is 61.7 Å². The van der Waals surface area contributed by atoms with Crippen LogP contribution in [-0.4, -0.2) is 117 Å². The van der Waals surface area contributed by atoms with Gasteiger partial charge in [0.15, 0.2) is 11.6 Å². The third kappa shape index (κ3) is 16.5. The zero-order valence-corrected chi connectivity index (χ0v) is 41.8. The molecule has 0 spiro atoms. The highest BCUT2D eigenvalue weighted by molar-refractivity contribution is 6.06. The lowest BCUT2D eigenvalue weighted by Gasteiger charge is -2.29. The average molecular weight is 1040 g/mol. The monoisotopic (exact) mass is 1040 g/mol. The number of piperidine rings is 1. The van der Waals surface area contributed by atoms with Crippen molar-refractivity contribution in [1.29, 1.82) is 0 Å². The van der Waals surface area contributed by atoms with E-state index in [1.807, 2.05) is 4.57 Å². The molecule has 3 aromatic carbocycles. The third-order valence-corrected chi connectivity index (χ3v) is 12.6. The highest BCUT2D eigenvalue weighted by Gasteiger charge is 2.40. The predicted octanol–water partition coefficient (Wildman–Crippen LogP) is 5.63. The maximum Gasteiger partial charge on any atom is 0.255 e. The van der Waals surface area contributed by atoms with Gasteiger partial charge in [0.25, 0.3) is 11.8 Å². The lowest BCUT2D eigenvalue weighted by molar-refractivity contribution is -0.137. The van der Waals surface area contributed by atoms with Crippen molar-refractivity contribution in [2.24, 2.45) is 0 Å². The molecule has 0 bridgehead atoms. The van der Waals surface area contributed by atoms with Gasteiger partial charge in [-0.2, -0.15) is 0 Å². The topological polar surface area (TPSA) is 250 Å². The van der Waals surface area contributed by atoms with Crippen molar-refractivity contribution in [2.75, 3.05) is 56.8 Å². The van der Waals surface area contributed by atoms with Crippen LogP contribution in [0.4, 0.5) is 20.2 Å². The number of ether oxygens (including phenoxy) is 3. The first-order valence-electron chi connectivity index (χ1n) is 25.4. The zero-order valence-electron chi connectivity index (χ0n) is 41.8. The smallest absolute Gasteiger partial charge is 0.255 e. The maximum absolute atomic E-state index is 14.1. The van der Waals surface area contributed by atoms with Gasteiger partial charge in [-0.25, -0.2) is 18.7 Å². The van der Waals surface area contributed by atoms with E-state index in [1.165, 1.54) is 17.3 Å². The number of benzene rings is 3. The van der Waals surface area contributed by atoms with E-state index in [1.54, 1.807) is 54.7 Å². The number of carbonyl (C=O) groups excluding carboxylic acids is 6. The van der Waals surface area contributed by atoms with Gasteiger partial charge in [0, 0.05) is 98.5 Å². The Morgan fingerprint density at radius 2 is 1.45 bits per heavy atom. The second-order valence-electron chi connectivity index (χ2n) is 17.9. The van der Waals surface area contributed by atoms with E-state index in [2.05, 4.69) is 46.7 Å². The maximum atomic E-state index is 14.1. The number of hydrogen-bond donors (Lipinski definition) is 5. The minimum Gasteiger partial charge on any atom is -0.379 e. The Bertz CT molecular complexity index is 2730. The molecule has 6 amide bonds. The van der Waals surface area contributed by atoms with Crippen molar-refractivity contribution >= 4 is 46.8 Å². The predicted molar refractivity (Wildman–Crippen MR) is 270 cm³/mol. The minimum atomic E-state index is -0.737. The van der Waals surface area contributed by atoms with Crippen LogP contribution in [0.1, 0.15) is 108 Å². The molecule has 2 aromatic heterocycles. The van der Waals surface area contributed by atoms with Crippen LogP contribution >= 0.6 is 0 Å². The largest absolute Gasteiger partial charge is 0.379 e. The lowest BCUT2D eigenvalue weighted by Crippen LogP contribution is -2.52. The van der Waals surface area contributed by atoms with Crippen LogP contribution in [0.25, 0.3) is 11.5 Å². The molecular weight excluding hydrogens is 973 g/mol. The van der Waals surface area contributed by atoms with Crippen LogP contribution in [-0.2, 0) is 59.6 Å². The molecule has 5 aromatic rings. The molecule has 0 saturated carbocycles. The summed E-state index contributed by atoms with van der Waals surface area (Å²) in [5, 5.41) is 22.9. The molecule has 7 rings (SSSR count). The number of amides is 6. The van der Waals surface area contributed by atoms with Gasteiger partial charge >= 0.3 is 0 Å². The number of halogens is 2. The van der Waals surface area contributed by atoms with Crippen molar-refractivity contribution in [2.45, 2.75) is 103 Å². The number of nitrogens with one attached hydrogen (secondary N) is 5. The molecule has 2 aliphatic heterocycles. The molecule has 1 atom stereocenters. The average Bonchev–Trinajstić information content (AvgIpc) is 3.98. The van der Waals surface area contributed by atoms with E-state index in [4.69, 9.17) is 14.2 Å². The number of carbonyl (C=O) groups is 6. The first-order chi connectivity index (χ1) is 36.5. The summed E-state index contributed by atoms with van der Waals surface area (Å²) >= 11 is 0. The second-order valence-corrected chi connectivity index (χ2v) is 17.9. The summed E-state index contributed by atoms with van der Waals surface area (Å²) in [5.41, 5.74) is 2.96. The summed E-state index contributed by atoms with van der Waals surface area (Å²) in [6.45, 7) is 3.99. The number of fused-ring (bicyclic) bond motifs is 1. The Labute approximate surface area is 433 Å². The molecule has 5 N–H and O–H groups in total. The normalized spacial score (nSPS) is 14.1. The SMILES string of the molecule is O=C(CCCCCOCCOCCOCCCCCC(=O)Nc1cccc2c1CN(C1CCC(=O)NC1=O)C2=O)NCCCn1c(CNc2cccc(C(=O)NCc3c(F)cccc3F)c2)nnc1-c1ccncn1. The standard InChI is InChI=1S/C53H63F2N11O9/c54-41-14-9-15-42(55)39(41)32-59-51(70)36-11-7-12-37(31-36)58-33-46-63-64-50(44-21-23-56-35-60-44)65(46)24-10-22-57-47(67)17-3-1-5-25-73-27-29-75-30-28-74-26-6-2-4-18-48(68)61-43-16-8-13-38-40(43)34-66(53(38)72)45-19-20-49(69)62-52(45)71/h7-9,11-16,21,23,31,35,45,58H,1-6,10,17-20,22,24-30,32-34H2,(H,57,67)(H,59,70)(H,61,68)(H,62,69,71). The number of nitrogens with zero attached hydrogens (tertiary/aromatic N) is 6. The molecule has 20 nitrogen and oxygen atoms in total. The summed E-state index contributed by atoms with van der Waals surface area (Å²) in [7, 11) is 0. The Hall–Kier alpha value is -7.56. The Balaban J connectivity index is 0.683. The summed E-state index contributed by atoms with van der Waals surface area (Å²) in [5.74, 6) is -2.12. The molecule has 75 heavy (non-hydrogen) atoms. The molecule has 398 valence electrons. The van der Waals surface area contributed by atoms with Crippen LogP contribution in [0.2, 0.25) is 0 Å². The zero-order chi connectivity index (χ0) is 52.8. The van der Waals surface area contributed by atoms with Gasteiger partial charge in [0.2, 0.25) is 23.6 Å². The van der Waals surface area contributed by atoms with Crippen LogP contribution in [0, 0.1) is 11.6 Å². The Morgan fingerprint density at radius 1 is 0.747 bits per heavy atom. The lowest BCUT2D eigenvalue weighted by atomic mass is 10.0. The second kappa shape index (κ2) is 28.8. The van der Waals surface area contributed by atoms with Crippen molar-refractivity contribution < 1.29 is 51.8 Å². The Kier molecular flexibility index (Phi) is 21.2. The van der Waals surface area contributed by atoms with E-state index in [0.29, 0.717) is 124 Å². The van der Waals surface area contributed by atoms with Crippen molar-refractivity contribution in [1.82, 2.24) is 45.6 Å². The van der Waals surface area contributed by atoms with E-state index in [9.17, 15) is 37.5 Å². The van der Waals surface area contributed by atoms with Gasteiger partial charge in [-0.1, -0.05) is 31.0 Å². The van der Waals surface area contributed by atoms with Gasteiger partial charge in [-0.3, -0.25) is 34.1 Å². The molecule has 1 fully saturated rings. The van der Waals surface area contributed by atoms with E-state index in [0.717, 1.165) is 44.2 Å². The van der Waals surface area contributed by atoms with Gasteiger partial charge in [0.1, 0.15) is 29.7 Å². The Morgan fingerprint density at radius 3 is 2.17 bits per heavy atom. The third-order valence-electron chi connectivity index (χ3n) is 12.6. The van der Waals surface area contributed by atoms with Gasteiger partial charge in [-0.05, 0) is 87.1 Å². The molecule has 1 unspecified atom stereocenters. The summed E-state index contributed by atoms with van der Waals surface area (Å²) in [6.07, 6.45) is 9.48. The van der Waals surface area contributed by atoms with Crippen LogP contribution < -0.4 is 26.6 Å². The molecule has 0 radical (unpaired) electrons. The summed E-state index contributed by atoms with van der Waals surface area (Å²) < 4.78 is 47.0. The number of anilines is 2. The highest BCUT2D eigenvalue weighted by atomic mass is 19.1. The number of aromatic nitrogens is 5. The fourth-order valence-corrected chi connectivity index (χ4v) is 8.58. The number of imide groups is 1. The fraction of sp³-hybridized carbons (Fsp3) is 0.434. The van der Waals surface area contributed by atoms with Crippen LogP contribution in [0.5, 0.6) is 0 Å². The first kappa shape index (κ1) is 55.2. The van der Waals surface area contributed by atoms with Gasteiger partial charge in [-0.15, -0.1) is 10.2 Å². The number of hydrogen-bond acceptors (Lipinski definition) is 14. The van der Waals surface area contributed by atoms with E-state index >= 15 is 0 Å². The van der Waals surface area contributed by atoms with Gasteiger partial charge < -0.3 is 44.9 Å². The molecular formula is C53H63F2N11O9. The first-order valence-corrected chi connectivity index (χ1v) is 25.4. The number of rotatable bonds is 31. The van der Waals surface area contributed by atoms with E-state index < -0.39 is 29.5 Å². The van der Waals surface area contributed by atoms with Gasteiger partial charge in [0.05, 0.1) is 33.0 Å². The van der Waals surface area contributed by atoms with Crippen molar-refractivity contribution in [3.63, 3.8) is 0 Å². The summed E-state index contributed by atoms with van der Waals surface area (Å²) in [6, 6.07) is 16.4.